The first-order chi connectivity index (χ1) is 14.8. The summed E-state index contributed by atoms with van der Waals surface area (Å²) in [5, 5.41) is 0. The fourth-order valence-corrected chi connectivity index (χ4v) is 4.98. The van der Waals surface area contributed by atoms with E-state index in [1.165, 1.54) is 127 Å². The molecule has 0 radical (unpaired) electrons. The zero-order chi connectivity index (χ0) is 22.0. The summed E-state index contributed by atoms with van der Waals surface area (Å²) in [6, 6.07) is 0. The standard InChI is InChI=1S/C26H53O2.ClH.Mg/c1-4-7-10-12-14-16-18-21-24-27-26(23-20-9-6-3)28-25-22-19-17-15-13-11-8-5-2;;/h26H,3-25H2,1-2H3;1H;/q;;+1/p-1. The van der Waals surface area contributed by atoms with E-state index in [4.69, 9.17) is 18.5 Å². The number of rotatable bonds is 26. The van der Waals surface area contributed by atoms with Crippen molar-refractivity contribution in [1.29, 1.82) is 0 Å². The van der Waals surface area contributed by atoms with Gasteiger partial charge in [0.05, 0.1) is 0 Å². The maximum absolute atomic E-state index is 6.13. The molecule has 0 bridgehead atoms. The lowest BCUT2D eigenvalue weighted by atomic mass is 10.1. The van der Waals surface area contributed by atoms with Crippen molar-refractivity contribution in [2.24, 2.45) is 0 Å². The fraction of sp³-hybridized carbons (Fsp3) is 1.00. The number of halogens is 1. The van der Waals surface area contributed by atoms with Gasteiger partial charge in [0.15, 0.2) is 6.29 Å². The van der Waals surface area contributed by atoms with E-state index < -0.39 is 0 Å². The van der Waals surface area contributed by atoms with Crippen molar-refractivity contribution in [2.45, 2.75) is 153 Å². The Morgan fingerprint density at radius 1 is 0.533 bits per heavy atom. The molecular formula is C26H53ClMgO2. The first kappa shape index (κ1) is 31.0. The fourth-order valence-electron chi connectivity index (χ4n) is 3.88. The van der Waals surface area contributed by atoms with Crippen LogP contribution in [0.4, 0.5) is 0 Å². The highest BCUT2D eigenvalue weighted by Gasteiger charge is 2.09. The molecule has 0 saturated carbocycles. The predicted molar refractivity (Wildman–Crippen MR) is 136 cm³/mol. The summed E-state index contributed by atoms with van der Waals surface area (Å²) in [6.07, 6.45) is 26.4. The Morgan fingerprint density at radius 2 is 0.933 bits per heavy atom. The average Bonchev–Trinajstić information content (AvgIpc) is 2.76. The Balaban J connectivity index is 3.75. The van der Waals surface area contributed by atoms with Gasteiger partial charge in [-0.25, -0.2) is 0 Å². The molecule has 0 aromatic rings. The summed E-state index contributed by atoms with van der Waals surface area (Å²) in [7, 11) is 5.92. The number of unbranched alkanes of at least 4 members (excludes halogenated alkanes) is 16. The molecule has 4 heteroatoms. The van der Waals surface area contributed by atoms with Gasteiger partial charge in [-0.05, 0) is 25.7 Å². The van der Waals surface area contributed by atoms with Gasteiger partial charge in [0, 0.05) is 13.2 Å². The molecule has 30 heavy (non-hydrogen) atoms. The molecule has 0 rings (SSSR count). The summed E-state index contributed by atoms with van der Waals surface area (Å²) < 4.78 is 13.5. The van der Waals surface area contributed by atoms with Gasteiger partial charge in [-0.1, -0.05) is 117 Å². The molecule has 0 amide bonds. The van der Waals surface area contributed by atoms with Gasteiger partial charge in [-0.2, -0.15) is 0 Å². The van der Waals surface area contributed by atoms with Crippen molar-refractivity contribution < 1.29 is 9.47 Å². The van der Waals surface area contributed by atoms with Crippen LogP contribution in [0.25, 0.3) is 0 Å². The first-order valence-electron chi connectivity index (χ1n) is 13.6. The van der Waals surface area contributed by atoms with Gasteiger partial charge >= 0.3 is 19.3 Å². The van der Waals surface area contributed by atoms with Crippen LogP contribution < -0.4 is 0 Å². The molecule has 0 aromatic carbocycles. The summed E-state index contributed by atoms with van der Waals surface area (Å²) in [5.41, 5.74) is 0. The van der Waals surface area contributed by atoms with Crippen molar-refractivity contribution in [3.63, 3.8) is 0 Å². The van der Waals surface area contributed by atoms with E-state index in [2.05, 4.69) is 13.8 Å². The van der Waals surface area contributed by atoms with Gasteiger partial charge < -0.3 is 18.5 Å². The van der Waals surface area contributed by atoms with Crippen molar-refractivity contribution in [1.82, 2.24) is 0 Å². The Morgan fingerprint density at radius 3 is 1.37 bits per heavy atom. The molecule has 0 atom stereocenters. The molecule has 0 unspecified atom stereocenters. The molecule has 0 fully saturated rings. The molecule has 0 aromatic heterocycles. The van der Waals surface area contributed by atoms with Crippen LogP contribution in [-0.2, 0) is 9.47 Å². The number of hydrogen-bond donors (Lipinski definition) is 0. The molecule has 0 spiro atoms. The Labute approximate surface area is 203 Å². The van der Waals surface area contributed by atoms with Crippen LogP contribution in [0, 0.1) is 0 Å². The smallest absolute Gasteiger partial charge is 0.353 e. The van der Waals surface area contributed by atoms with Gasteiger partial charge in [0.1, 0.15) is 0 Å². The molecule has 0 saturated heterocycles. The second kappa shape index (κ2) is 28.0. The van der Waals surface area contributed by atoms with Crippen LogP contribution in [0.1, 0.15) is 142 Å². The first-order valence-corrected chi connectivity index (χ1v) is 16.8. The predicted octanol–water partition coefficient (Wildman–Crippen LogP) is 9.46. The third-order valence-corrected chi connectivity index (χ3v) is 7.50. The third kappa shape index (κ3) is 25.2. The minimum absolute atomic E-state index is 0.0207. The van der Waals surface area contributed by atoms with Crippen LogP contribution in [0.15, 0.2) is 0 Å². The van der Waals surface area contributed by atoms with Crippen molar-refractivity contribution in [2.75, 3.05) is 13.2 Å². The highest BCUT2D eigenvalue weighted by atomic mass is 35.5. The molecular weight excluding hydrogens is 404 g/mol. The lowest BCUT2D eigenvalue weighted by Gasteiger charge is -2.19. The Kier molecular flexibility index (Phi) is 28.9. The second-order valence-corrected chi connectivity index (χ2v) is 11.2. The lowest BCUT2D eigenvalue weighted by Crippen LogP contribution is -2.19. The maximum atomic E-state index is 6.13. The highest BCUT2D eigenvalue weighted by Crippen LogP contribution is 2.14. The molecule has 0 heterocycles. The number of ether oxygens (including phenoxy) is 2. The van der Waals surface area contributed by atoms with E-state index in [1.54, 1.807) is 0 Å². The van der Waals surface area contributed by atoms with Gasteiger partial charge in [-0.15, -0.1) is 4.55 Å². The van der Waals surface area contributed by atoms with Crippen molar-refractivity contribution in [3.8, 4) is 0 Å². The summed E-state index contributed by atoms with van der Waals surface area (Å²) in [6.45, 7) is 6.30. The van der Waals surface area contributed by atoms with E-state index in [0.29, 0.717) is 0 Å². The molecule has 178 valence electrons. The van der Waals surface area contributed by atoms with E-state index in [1.807, 2.05) is 0 Å². The normalized spacial score (nSPS) is 11.3. The zero-order valence-corrected chi connectivity index (χ0v) is 22.9. The SMILES string of the molecule is CCCCCCCCCCOC(CCCC[CH2][Mg][Cl])OCCCCCCCCCC. The lowest BCUT2D eigenvalue weighted by molar-refractivity contribution is -0.148. The minimum Gasteiger partial charge on any atom is -0.353 e. The van der Waals surface area contributed by atoms with Crippen molar-refractivity contribution >= 4 is 28.3 Å². The van der Waals surface area contributed by atoms with E-state index >= 15 is 0 Å². The summed E-state index contributed by atoms with van der Waals surface area (Å²) >= 11 is -0.282. The van der Waals surface area contributed by atoms with E-state index in [9.17, 15) is 0 Å². The largest absolute Gasteiger partial charge is 0.501 e. The van der Waals surface area contributed by atoms with Gasteiger partial charge in [0.2, 0.25) is 0 Å². The quantitative estimate of drug-likeness (QED) is 0.0731. The molecule has 0 aliphatic rings. The molecule has 0 aliphatic carbocycles. The van der Waals surface area contributed by atoms with E-state index in [-0.39, 0.29) is 25.6 Å². The molecule has 2 nitrogen and oxygen atoms in total. The average molecular weight is 457 g/mol. The molecule has 0 N–H and O–H groups in total. The van der Waals surface area contributed by atoms with Crippen LogP contribution in [0.2, 0.25) is 4.55 Å². The van der Waals surface area contributed by atoms with Crippen LogP contribution >= 0.6 is 9.07 Å². The monoisotopic (exact) mass is 456 g/mol. The maximum Gasteiger partial charge on any atom is 0.501 e. The van der Waals surface area contributed by atoms with Crippen LogP contribution in [0.5, 0.6) is 0 Å². The topological polar surface area (TPSA) is 18.5 Å². The Bertz CT molecular complexity index is 283. The summed E-state index contributed by atoms with van der Waals surface area (Å²) in [5.74, 6) is 0. The van der Waals surface area contributed by atoms with Gasteiger partial charge in [0.25, 0.3) is 0 Å². The van der Waals surface area contributed by atoms with Crippen LogP contribution in [-0.4, -0.2) is 38.8 Å². The van der Waals surface area contributed by atoms with Gasteiger partial charge in [-0.3, -0.25) is 0 Å². The zero-order valence-electron chi connectivity index (χ0n) is 20.7. The molecule has 0 aliphatic heterocycles. The minimum atomic E-state index is -0.282. The van der Waals surface area contributed by atoms with Crippen molar-refractivity contribution in [3.05, 3.63) is 0 Å². The highest BCUT2D eigenvalue weighted by molar-refractivity contribution is 6.93. The van der Waals surface area contributed by atoms with Crippen LogP contribution in [0.3, 0.4) is 0 Å². The number of hydrogen-bond acceptors (Lipinski definition) is 2. The van der Waals surface area contributed by atoms with E-state index in [0.717, 1.165) is 19.6 Å². The summed E-state index contributed by atoms with van der Waals surface area (Å²) in [4.78, 5) is 0. The Hall–Kier alpha value is 0.976. The second-order valence-electron chi connectivity index (χ2n) is 9.01. The third-order valence-electron chi connectivity index (χ3n) is 5.93.